The van der Waals surface area contributed by atoms with Crippen molar-refractivity contribution >= 4 is 39.4 Å². The van der Waals surface area contributed by atoms with Gasteiger partial charge in [-0.3, -0.25) is 4.79 Å². The average molecular weight is 647 g/mol. The molecule has 1 aliphatic carbocycles. The van der Waals surface area contributed by atoms with Crippen LogP contribution in [0.5, 0.6) is 23.0 Å². The second-order valence-electron chi connectivity index (χ2n) is 9.75. The lowest BCUT2D eigenvalue weighted by Crippen LogP contribution is -2.36. The minimum atomic E-state index is -0.687. The van der Waals surface area contributed by atoms with Gasteiger partial charge in [0.25, 0.3) is 0 Å². The van der Waals surface area contributed by atoms with Gasteiger partial charge >= 0.3 is 5.97 Å². The molecule has 0 spiro atoms. The van der Waals surface area contributed by atoms with Crippen LogP contribution < -0.4 is 19.5 Å². The highest BCUT2D eigenvalue weighted by Gasteiger charge is 2.42. The molecule has 41 heavy (non-hydrogen) atoms. The maximum absolute atomic E-state index is 14.0. The SMILES string of the molecule is CCOc1cc([C@H]2C(C(=O)OCCSCC)=C(C)NC3=C2C(=O)C[C@@H](c2ccc(OC)c(OC)c2)C3)cc(Br)c1O. The number of thioether (sulfide) groups is 1. The standard InChI is InChI=1S/C31H36BrNO7S/c1-6-39-26-16-20(12-21(32)30(26)35)28-27(31(36)40-10-11-41-7-2)17(3)33-22-13-19(14-23(34)29(22)28)18-8-9-24(37-4)25(15-18)38-5/h8-9,12,15-16,19,28,33,35H,6-7,10-11,13-14H2,1-5H3/t19-,28-/m0/s1. The van der Waals surface area contributed by atoms with Gasteiger partial charge in [0, 0.05) is 35.1 Å². The van der Waals surface area contributed by atoms with Crippen LogP contribution in [0.4, 0.5) is 0 Å². The molecular weight excluding hydrogens is 610 g/mol. The molecule has 0 bridgehead atoms. The van der Waals surface area contributed by atoms with Crippen molar-refractivity contribution in [3.63, 3.8) is 0 Å². The summed E-state index contributed by atoms with van der Waals surface area (Å²) in [4.78, 5) is 27.5. The van der Waals surface area contributed by atoms with Crippen LogP contribution in [0.25, 0.3) is 0 Å². The zero-order chi connectivity index (χ0) is 29.7. The van der Waals surface area contributed by atoms with Gasteiger partial charge in [-0.15, -0.1) is 0 Å². The summed E-state index contributed by atoms with van der Waals surface area (Å²) in [7, 11) is 3.17. The predicted molar refractivity (Wildman–Crippen MR) is 163 cm³/mol. The van der Waals surface area contributed by atoms with E-state index in [0.29, 0.717) is 57.2 Å². The van der Waals surface area contributed by atoms with Crippen molar-refractivity contribution in [3.05, 3.63) is 68.5 Å². The molecule has 0 saturated carbocycles. The molecule has 0 amide bonds. The van der Waals surface area contributed by atoms with Crippen molar-refractivity contribution in [1.82, 2.24) is 5.32 Å². The number of carbonyl (C=O) groups excluding carboxylic acids is 2. The van der Waals surface area contributed by atoms with Crippen LogP contribution in [0.1, 0.15) is 56.6 Å². The van der Waals surface area contributed by atoms with E-state index in [-0.39, 0.29) is 36.2 Å². The van der Waals surface area contributed by atoms with Crippen molar-refractivity contribution in [3.8, 4) is 23.0 Å². The molecule has 0 unspecified atom stereocenters. The summed E-state index contributed by atoms with van der Waals surface area (Å²) >= 11 is 5.12. The number of methoxy groups -OCH3 is 2. The molecular formula is C31H36BrNO7S. The molecule has 0 aromatic heterocycles. The number of hydrogen-bond donors (Lipinski definition) is 2. The Morgan fingerprint density at radius 3 is 2.49 bits per heavy atom. The molecule has 220 valence electrons. The molecule has 1 aliphatic heterocycles. The van der Waals surface area contributed by atoms with E-state index in [1.54, 1.807) is 38.1 Å². The fourth-order valence-electron chi connectivity index (χ4n) is 5.43. The Kier molecular flexibility index (Phi) is 10.3. The van der Waals surface area contributed by atoms with Crippen molar-refractivity contribution < 1.29 is 33.6 Å². The van der Waals surface area contributed by atoms with E-state index < -0.39 is 11.9 Å². The molecule has 10 heteroatoms. The molecule has 2 atom stereocenters. The number of phenols is 1. The number of Topliss-reactive ketones (excluding diaryl/α,β-unsaturated/α-hetero) is 1. The lowest BCUT2D eigenvalue weighted by Gasteiger charge is -2.37. The second-order valence-corrected chi connectivity index (χ2v) is 12.0. The van der Waals surface area contributed by atoms with Crippen LogP contribution in [0, 0.1) is 0 Å². The lowest BCUT2D eigenvalue weighted by molar-refractivity contribution is -0.138. The smallest absolute Gasteiger partial charge is 0.336 e. The molecule has 2 aliphatic rings. The van der Waals surface area contributed by atoms with E-state index in [2.05, 4.69) is 28.2 Å². The number of carbonyl (C=O) groups is 2. The zero-order valence-corrected chi connectivity index (χ0v) is 26.4. The number of dihydropyridines is 1. The van der Waals surface area contributed by atoms with Crippen LogP contribution in [-0.4, -0.2) is 55.8 Å². The third kappa shape index (κ3) is 6.54. The van der Waals surface area contributed by atoms with Crippen LogP contribution >= 0.6 is 27.7 Å². The van der Waals surface area contributed by atoms with Gasteiger partial charge in [0.2, 0.25) is 0 Å². The summed E-state index contributed by atoms with van der Waals surface area (Å²) in [5, 5.41) is 14.0. The summed E-state index contributed by atoms with van der Waals surface area (Å²) < 4.78 is 22.7. The van der Waals surface area contributed by atoms with Crippen LogP contribution in [0.3, 0.4) is 0 Å². The van der Waals surface area contributed by atoms with Crippen molar-refractivity contribution in [2.45, 2.75) is 45.4 Å². The Labute approximate surface area is 253 Å². The Bertz CT molecular complexity index is 1390. The van der Waals surface area contributed by atoms with Gasteiger partial charge in [-0.25, -0.2) is 4.79 Å². The van der Waals surface area contributed by atoms with E-state index in [9.17, 15) is 14.7 Å². The molecule has 2 aromatic carbocycles. The van der Waals surface area contributed by atoms with E-state index >= 15 is 0 Å². The summed E-state index contributed by atoms with van der Waals surface area (Å²) in [6.07, 6.45) is 0.829. The minimum absolute atomic E-state index is 0.0383. The zero-order valence-electron chi connectivity index (χ0n) is 24.0. The van der Waals surface area contributed by atoms with Crippen molar-refractivity contribution in [2.24, 2.45) is 0 Å². The molecule has 8 nitrogen and oxygen atoms in total. The average Bonchev–Trinajstić information content (AvgIpc) is 2.96. The second kappa shape index (κ2) is 13.7. The number of ketones is 1. The van der Waals surface area contributed by atoms with E-state index in [1.807, 2.05) is 32.0 Å². The number of nitrogens with one attached hydrogen (secondary N) is 1. The fourth-order valence-corrected chi connectivity index (χ4v) is 6.38. The highest BCUT2D eigenvalue weighted by atomic mass is 79.9. The van der Waals surface area contributed by atoms with Gasteiger partial charge in [0.05, 0.1) is 30.9 Å². The summed E-state index contributed by atoms with van der Waals surface area (Å²) in [6, 6.07) is 9.15. The van der Waals surface area contributed by atoms with E-state index in [4.69, 9.17) is 18.9 Å². The number of ether oxygens (including phenoxy) is 4. The highest BCUT2D eigenvalue weighted by Crippen LogP contribution is 2.48. The van der Waals surface area contributed by atoms with E-state index in [0.717, 1.165) is 17.0 Å². The molecule has 0 radical (unpaired) electrons. The monoisotopic (exact) mass is 645 g/mol. The Morgan fingerprint density at radius 2 is 1.80 bits per heavy atom. The predicted octanol–water partition coefficient (Wildman–Crippen LogP) is 6.23. The van der Waals surface area contributed by atoms with Gasteiger partial charge in [-0.1, -0.05) is 13.0 Å². The van der Waals surface area contributed by atoms with Crippen LogP contribution in [0.15, 0.2) is 57.3 Å². The topological polar surface area (TPSA) is 103 Å². The molecule has 2 aromatic rings. The first-order valence-corrected chi connectivity index (χ1v) is 15.5. The first-order valence-electron chi connectivity index (χ1n) is 13.6. The molecule has 0 fully saturated rings. The van der Waals surface area contributed by atoms with Crippen molar-refractivity contribution in [1.29, 1.82) is 0 Å². The number of halogens is 1. The van der Waals surface area contributed by atoms with Gasteiger partial charge < -0.3 is 29.4 Å². The van der Waals surface area contributed by atoms with Gasteiger partial charge in [0.15, 0.2) is 28.8 Å². The number of rotatable bonds is 11. The first kappa shape index (κ1) is 30.8. The molecule has 0 saturated heterocycles. The third-order valence-electron chi connectivity index (χ3n) is 7.28. The Balaban J connectivity index is 1.78. The normalized spacial score (nSPS) is 18.5. The molecule has 1 heterocycles. The Morgan fingerprint density at radius 1 is 1.07 bits per heavy atom. The number of hydrogen-bond acceptors (Lipinski definition) is 9. The number of esters is 1. The molecule has 2 N–H and O–H groups in total. The van der Waals surface area contributed by atoms with Crippen LogP contribution in [-0.2, 0) is 14.3 Å². The van der Waals surface area contributed by atoms with E-state index in [1.165, 1.54) is 0 Å². The maximum Gasteiger partial charge on any atom is 0.336 e. The number of phenolic OH excluding ortho intramolecular Hbond substituents is 1. The van der Waals surface area contributed by atoms with Crippen molar-refractivity contribution in [2.75, 3.05) is 38.9 Å². The van der Waals surface area contributed by atoms with Crippen LogP contribution in [0.2, 0.25) is 0 Å². The minimum Gasteiger partial charge on any atom is -0.503 e. The lowest BCUT2D eigenvalue weighted by atomic mass is 9.71. The summed E-state index contributed by atoms with van der Waals surface area (Å²) in [5.41, 5.74) is 3.92. The highest BCUT2D eigenvalue weighted by molar-refractivity contribution is 9.10. The largest absolute Gasteiger partial charge is 0.503 e. The summed E-state index contributed by atoms with van der Waals surface area (Å²) in [5.74, 6) is 1.76. The summed E-state index contributed by atoms with van der Waals surface area (Å²) in [6.45, 7) is 6.32. The van der Waals surface area contributed by atoms with Gasteiger partial charge in [0.1, 0.15) is 6.61 Å². The third-order valence-corrected chi connectivity index (χ3v) is 8.74. The quantitative estimate of drug-likeness (QED) is 0.217. The van der Waals surface area contributed by atoms with Gasteiger partial charge in [-0.2, -0.15) is 11.8 Å². The molecule has 4 rings (SSSR count). The Hall–Kier alpha value is -3.11. The maximum atomic E-state index is 14.0. The fraction of sp³-hybridized carbons (Fsp3) is 0.419. The number of aromatic hydroxyl groups is 1. The van der Waals surface area contributed by atoms with Gasteiger partial charge in [-0.05, 0) is 83.3 Å². The number of allylic oxidation sites excluding steroid dienone is 3. The first-order chi connectivity index (χ1) is 19.7. The number of benzene rings is 2.